The maximum absolute atomic E-state index is 6.13. The zero-order chi connectivity index (χ0) is 15.7. The molecule has 0 unspecified atom stereocenters. The highest BCUT2D eigenvalue weighted by Crippen LogP contribution is 2.17. The molecule has 0 N–H and O–H groups in total. The molecule has 0 aromatic carbocycles. The molecule has 0 atom stereocenters. The van der Waals surface area contributed by atoms with E-state index in [2.05, 4.69) is 47.5 Å². The van der Waals surface area contributed by atoms with Gasteiger partial charge < -0.3 is 9.80 Å². The van der Waals surface area contributed by atoms with Gasteiger partial charge in [0.2, 0.25) is 0 Å². The van der Waals surface area contributed by atoms with E-state index in [4.69, 9.17) is 11.6 Å². The highest BCUT2D eigenvalue weighted by Gasteiger charge is 2.10. The first-order valence-corrected chi connectivity index (χ1v) is 8.53. The van der Waals surface area contributed by atoms with Crippen LogP contribution in [0.25, 0.3) is 0 Å². The summed E-state index contributed by atoms with van der Waals surface area (Å²) in [4.78, 5) is 13.7. The van der Waals surface area contributed by atoms with Crippen LogP contribution in [0, 0.1) is 0 Å². The predicted molar refractivity (Wildman–Crippen MR) is 91.3 cm³/mol. The standard InChI is InChI=1S/C16H29ClN4/c1-5-10-15-18-14(17)13-16(19-15)21(8-4)12-9-11-20(6-2)7-3/h13H,5-12H2,1-4H3. The number of aryl methyl sites for hydroxylation is 1. The molecule has 0 spiro atoms. The Balaban J connectivity index is 2.66. The summed E-state index contributed by atoms with van der Waals surface area (Å²) < 4.78 is 0. The molecule has 0 fully saturated rings. The van der Waals surface area contributed by atoms with E-state index in [9.17, 15) is 0 Å². The second-order valence-corrected chi connectivity index (χ2v) is 5.56. The van der Waals surface area contributed by atoms with Crippen molar-refractivity contribution < 1.29 is 0 Å². The molecule has 0 aliphatic heterocycles. The molecule has 0 saturated heterocycles. The zero-order valence-electron chi connectivity index (χ0n) is 13.9. The third kappa shape index (κ3) is 6.18. The van der Waals surface area contributed by atoms with E-state index in [0.717, 1.165) is 63.6 Å². The third-order valence-corrected chi connectivity index (χ3v) is 3.90. The number of nitrogens with zero attached hydrogens (tertiary/aromatic N) is 4. The van der Waals surface area contributed by atoms with E-state index in [0.29, 0.717) is 5.15 Å². The van der Waals surface area contributed by atoms with Gasteiger partial charge in [-0.1, -0.05) is 32.4 Å². The molecule has 0 aliphatic rings. The van der Waals surface area contributed by atoms with Gasteiger partial charge >= 0.3 is 0 Å². The fourth-order valence-corrected chi connectivity index (χ4v) is 2.60. The summed E-state index contributed by atoms with van der Waals surface area (Å²) in [5.41, 5.74) is 0. The summed E-state index contributed by atoms with van der Waals surface area (Å²) in [6, 6.07) is 1.88. The third-order valence-electron chi connectivity index (χ3n) is 3.70. The zero-order valence-corrected chi connectivity index (χ0v) is 14.7. The number of rotatable bonds is 10. The van der Waals surface area contributed by atoms with Crippen molar-refractivity contribution in [2.24, 2.45) is 0 Å². The molecule has 4 nitrogen and oxygen atoms in total. The molecule has 1 aromatic rings. The second-order valence-electron chi connectivity index (χ2n) is 5.18. The lowest BCUT2D eigenvalue weighted by Gasteiger charge is -2.24. The fourth-order valence-electron chi connectivity index (χ4n) is 2.41. The van der Waals surface area contributed by atoms with E-state index in [1.54, 1.807) is 0 Å². The Labute approximate surface area is 134 Å². The van der Waals surface area contributed by atoms with Crippen molar-refractivity contribution in [1.29, 1.82) is 0 Å². The predicted octanol–water partition coefficient (Wildman–Crippen LogP) is 3.64. The average molecular weight is 313 g/mol. The quantitative estimate of drug-likeness (QED) is 0.617. The summed E-state index contributed by atoms with van der Waals surface area (Å²) >= 11 is 6.13. The van der Waals surface area contributed by atoms with E-state index in [1.807, 2.05) is 6.07 Å². The van der Waals surface area contributed by atoms with E-state index >= 15 is 0 Å². The maximum Gasteiger partial charge on any atom is 0.134 e. The van der Waals surface area contributed by atoms with Crippen molar-refractivity contribution in [3.63, 3.8) is 0 Å². The van der Waals surface area contributed by atoms with Gasteiger partial charge in [-0.25, -0.2) is 9.97 Å². The second kappa shape index (κ2) is 9.96. The lowest BCUT2D eigenvalue weighted by Crippen LogP contribution is -2.30. The topological polar surface area (TPSA) is 32.3 Å². The van der Waals surface area contributed by atoms with Gasteiger partial charge in [-0.3, -0.25) is 0 Å². The van der Waals surface area contributed by atoms with Gasteiger partial charge in [0.25, 0.3) is 0 Å². The van der Waals surface area contributed by atoms with Crippen molar-refractivity contribution in [2.75, 3.05) is 37.6 Å². The number of halogens is 1. The Hall–Kier alpha value is -0.870. The molecule has 0 aliphatic carbocycles. The van der Waals surface area contributed by atoms with Crippen LogP contribution in [0.2, 0.25) is 5.15 Å². The van der Waals surface area contributed by atoms with Crippen LogP contribution < -0.4 is 4.90 Å². The van der Waals surface area contributed by atoms with Crippen LogP contribution in [0.4, 0.5) is 5.82 Å². The van der Waals surface area contributed by atoms with Gasteiger partial charge in [0.1, 0.15) is 16.8 Å². The smallest absolute Gasteiger partial charge is 0.134 e. The van der Waals surface area contributed by atoms with E-state index in [1.165, 1.54) is 0 Å². The highest BCUT2D eigenvalue weighted by molar-refractivity contribution is 6.29. The van der Waals surface area contributed by atoms with Gasteiger partial charge in [0.15, 0.2) is 0 Å². The minimum atomic E-state index is 0.547. The SMILES string of the molecule is CCCc1nc(Cl)cc(N(CC)CCCN(CC)CC)n1. The first-order valence-electron chi connectivity index (χ1n) is 8.15. The van der Waals surface area contributed by atoms with Crippen molar-refractivity contribution in [2.45, 2.75) is 47.0 Å². The Morgan fingerprint density at radius 2 is 1.71 bits per heavy atom. The van der Waals surface area contributed by atoms with Crippen molar-refractivity contribution in [3.8, 4) is 0 Å². The average Bonchev–Trinajstić information content (AvgIpc) is 2.47. The molecular formula is C16H29ClN4. The summed E-state index contributed by atoms with van der Waals surface area (Å²) in [5, 5.41) is 0.547. The Morgan fingerprint density at radius 3 is 2.29 bits per heavy atom. The van der Waals surface area contributed by atoms with Crippen molar-refractivity contribution >= 4 is 17.4 Å². The molecule has 21 heavy (non-hydrogen) atoms. The van der Waals surface area contributed by atoms with E-state index < -0.39 is 0 Å². The molecule has 5 heteroatoms. The largest absolute Gasteiger partial charge is 0.357 e. The summed E-state index contributed by atoms with van der Waals surface area (Å²) in [6.07, 6.45) is 3.05. The van der Waals surface area contributed by atoms with Crippen LogP contribution in [0.3, 0.4) is 0 Å². The number of hydrogen-bond donors (Lipinski definition) is 0. The number of anilines is 1. The number of aromatic nitrogens is 2. The molecule has 0 bridgehead atoms. The molecule has 0 amide bonds. The summed E-state index contributed by atoms with van der Waals surface area (Å²) in [6.45, 7) is 14.0. The van der Waals surface area contributed by atoms with Crippen LogP contribution in [0.15, 0.2) is 6.07 Å². The fraction of sp³-hybridized carbons (Fsp3) is 0.750. The minimum absolute atomic E-state index is 0.547. The van der Waals surface area contributed by atoms with Crippen LogP contribution >= 0.6 is 11.6 Å². The number of hydrogen-bond acceptors (Lipinski definition) is 4. The molecule has 120 valence electrons. The minimum Gasteiger partial charge on any atom is -0.357 e. The van der Waals surface area contributed by atoms with Crippen molar-refractivity contribution in [1.82, 2.24) is 14.9 Å². The molecule has 0 radical (unpaired) electrons. The molecule has 1 aromatic heterocycles. The van der Waals surface area contributed by atoms with Gasteiger partial charge in [0.05, 0.1) is 0 Å². The molecule has 0 saturated carbocycles. The van der Waals surface area contributed by atoms with Gasteiger partial charge in [-0.05, 0) is 39.4 Å². The van der Waals surface area contributed by atoms with Crippen LogP contribution in [0.5, 0.6) is 0 Å². The monoisotopic (exact) mass is 312 g/mol. The first-order chi connectivity index (χ1) is 10.1. The van der Waals surface area contributed by atoms with E-state index in [-0.39, 0.29) is 0 Å². The lowest BCUT2D eigenvalue weighted by atomic mass is 10.3. The van der Waals surface area contributed by atoms with Gasteiger partial charge in [-0.2, -0.15) is 0 Å². The van der Waals surface area contributed by atoms with Crippen LogP contribution in [-0.4, -0.2) is 47.6 Å². The summed E-state index contributed by atoms with van der Waals surface area (Å²) in [7, 11) is 0. The van der Waals surface area contributed by atoms with Crippen molar-refractivity contribution in [3.05, 3.63) is 17.0 Å². The molecule has 1 rings (SSSR count). The normalized spacial score (nSPS) is 11.1. The van der Waals surface area contributed by atoms with Crippen LogP contribution in [0.1, 0.15) is 46.4 Å². The Morgan fingerprint density at radius 1 is 1.00 bits per heavy atom. The lowest BCUT2D eigenvalue weighted by molar-refractivity contribution is 0.300. The molecule has 1 heterocycles. The Bertz CT molecular complexity index is 407. The highest BCUT2D eigenvalue weighted by atomic mass is 35.5. The Kier molecular flexibility index (Phi) is 8.62. The first kappa shape index (κ1) is 18.2. The molecular weight excluding hydrogens is 284 g/mol. The maximum atomic E-state index is 6.13. The van der Waals surface area contributed by atoms with Gasteiger partial charge in [-0.15, -0.1) is 0 Å². The summed E-state index contributed by atoms with van der Waals surface area (Å²) in [5.74, 6) is 1.81. The van der Waals surface area contributed by atoms with Gasteiger partial charge in [0, 0.05) is 25.6 Å². The van der Waals surface area contributed by atoms with Crippen LogP contribution in [-0.2, 0) is 6.42 Å².